The van der Waals surface area contributed by atoms with Crippen molar-refractivity contribution in [2.75, 3.05) is 0 Å². The second-order valence-electron chi connectivity index (χ2n) is 9.66. The zero-order valence-corrected chi connectivity index (χ0v) is 17.7. The van der Waals surface area contributed by atoms with Crippen molar-refractivity contribution in [2.24, 2.45) is 5.41 Å². The van der Waals surface area contributed by atoms with E-state index in [-0.39, 0.29) is 16.9 Å². The van der Waals surface area contributed by atoms with E-state index in [9.17, 15) is 4.79 Å². The first-order valence-corrected chi connectivity index (χ1v) is 10.0. The Balaban J connectivity index is 1.74. The molecule has 0 spiro atoms. The van der Waals surface area contributed by atoms with Crippen LogP contribution in [0.5, 0.6) is 0 Å². The molecule has 148 valence electrons. The van der Waals surface area contributed by atoms with Gasteiger partial charge in [-0.2, -0.15) is 0 Å². The second-order valence-corrected chi connectivity index (χ2v) is 9.66. The lowest BCUT2D eigenvalue weighted by molar-refractivity contribution is 0.0891. The fourth-order valence-corrected chi connectivity index (χ4v) is 4.30. The molecule has 1 amide bonds. The van der Waals surface area contributed by atoms with E-state index < -0.39 is 0 Å². The smallest absolute Gasteiger partial charge is 0.251 e. The predicted octanol–water partition coefficient (Wildman–Crippen LogP) is 5.88. The molecule has 4 heteroatoms. The summed E-state index contributed by atoms with van der Waals surface area (Å²) in [7, 11) is 0. The van der Waals surface area contributed by atoms with Gasteiger partial charge >= 0.3 is 0 Å². The number of amides is 1. The number of aromatic nitrogens is 2. The van der Waals surface area contributed by atoms with E-state index in [2.05, 4.69) is 58.1 Å². The zero-order valence-electron chi connectivity index (χ0n) is 17.7. The van der Waals surface area contributed by atoms with Crippen LogP contribution in [0.15, 0.2) is 54.6 Å². The maximum Gasteiger partial charge on any atom is 0.251 e. The van der Waals surface area contributed by atoms with Crippen LogP contribution < -0.4 is 5.32 Å². The van der Waals surface area contributed by atoms with Gasteiger partial charge in [-0.1, -0.05) is 51.1 Å². The Morgan fingerprint density at radius 1 is 0.862 bits per heavy atom. The molecule has 0 radical (unpaired) electrons. The molecule has 1 N–H and O–H groups in total. The van der Waals surface area contributed by atoms with Crippen LogP contribution in [-0.2, 0) is 0 Å². The molecule has 1 heterocycles. The van der Waals surface area contributed by atoms with E-state index in [1.807, 2.05) is 36.4 Å². The normalized spacial score (nSPS) is 12.6. The monoisotopic (exact) mass is 385 g/mol. The summed E-state index contributed by atoms with van der Waals surface area (Å²) in [5.74, 6) is -0.0824. The lowest BCUT2D eigenvalue weighted by Gasteiger charge is -2.33. The summed E-state index contributed by atoms with van der Waals surface area (Å²) < 4.78 is 0. The third kappa shape index (κ3) is 4.07. The first-order valence-electron chi connectivity index (χ1n) is 10.0. The summed E-state index contributed by atoms with van der Waals surface area (Å²) in [6, 6.07) is 17.8. The quantitative estimate of drug-likeness (QED) is 0.354. The Morgan fingerprint density at radius 3 is 2.34 bits per heavy atom. The summed E-state index contributed by atoms with van der Waals surface area (Å²) in [6.07, 6.45) is 0.885. The lowest BCUT2D eigenvalue weighted by Crippen LogP contribution is -2.45. The number of rotatable bonds is 3. The number of carbonyl (C=O) groups excluding carboxylic acids is 1. The van der Waals surface area contributed by atoms with E-state index in [0.717, 1.165) is 39.3 Å². The van der Waals surface area contributed by atoms with Gasteiger partial charge in [-0.15, -0.1) is 0 Å². The minimum Gasteiger partial charge on any atom is -0.347 e. The topological polar surface area (TPSA) is 54.9 Å². The number of benzene rings is 3. The average Bonchev–Trinajstić information content (AvgIpc) is 2.63. The van der Waals surface area contributed by atoms with E-state index in [4.69, 9.17) is 9.97 Å². The molecule has 0 atom stereocenters. The van der Waals surface area contributed by atoms with Crippen molar-refractivity contribution in [1.29, 1.82) is 0 Å². The number of nitrogens with zero attached hydrogens (tertiary/aromatic N) is 2. The predicted molar refractivity (Wildman–Crippen MR) is 120 cm³/mol. The highest BCUT2D eigenvalue weighted by Gasteiger charge is 2.27. The van der Waals surface area contributed by atoms with E-state index in [0.29, 0.717) is 5.56 Å². The molecule has 4 rings (SSSR count). The van der Waals surface area contributed by atoms with E-state index >= 15 is 0 Å². The maximum absolute atomic E-state index is 12.9. The minimum absolute atomic E-state index is 0.0824. The summed E-state index contributed by atoms with van der Waals surface area (Å²) in [4.78, 5) is 22.5. The Morgan fingerprint density at radius 2 is 1.59 bits per heavy atom. The highest BCUT2D eigenvalue weighted by Crippen LogP contribution is 2.28. The molecule has 0 aliphatic heterocycles. The lowest BCUT2D eigenvalue weighted by atomic mass is 9.81. The zero-order chi connectivity index (χ0) is 20.8. The summed E-state index contributed by atoms with van der Waals surface area (Å²) >= 11 is 0. The maximum atomic E-state index is 12.9. The molecule has 3 aromatic carbocycles. The van der Waals surface area contributed by atoms with Crippen molar-refractivity contribution >= 4 is 38.7 Å². The van der Waals surface area contributed by atoms with Gasteiger partial charge in [0, 0.05) is 16.5 Å². The van der Waals surface area contributed by atoms with Crippen molar-refractivity contribution in [3.63, 3.8) is 0 Å². The van der Waals surface area contributed by atoms with Crippen LogP contribution >= 0.6 is 0 Å². The van der Waals surface area contributed by atoms with Crippen LogP contribution in [0.1, 0.15) is 51.4 Å². The van der Waals surface area contributed by atoms with Crippen LogP contribution in [-0.4, -0.2) is 21.4 Å². The largest absolute Gasteiger partial charge is 0.347 e. The molecule has 29 heavy (non-hydrogen) atoms. The standard InChI is InChI=1S/C25H27N3O/c1-24(2,3)15-25(4,5)28-23(29)17-11-12-19-21(14-17)27-22-18-9-7-6-8-16(18)10-13-20(22)26-19/h6-14H,15H2,1-5H3,(H,28,29). The molecule has 0 aliphatic carbocycles. The van der Waals surface area contributed by atoms with Gasteiger partial charge in [-0.25, -0.2) is 9.97 Å². The van der Waals surface area contributed by atoms with Gasteiger partial charge in [0.05, 0.1) is 22.1 Å². The molecular weight excluding hydrogens is 358 g/mol. The van der Waals surface area contributed by atoms with Crippen LogP contribution in [0.4, 0.5) is 0 Å². The van der Waals surface area contributed by atoms with Gasteiger partial charge in [0.2, 0.25) is 0 Å². The van der Waals surface area contributed by atoms with Gasteiger partial charge in [0.25, 0.3) is 5.91 Å². The van der Waals surface area contributed by atoms with Crippen molar-refractivity contribution < 1.29 is 4.79 Å². The van der Waals surface area contributed by atoms with E-state index in [1.54, 1.807) is 0 Å². The van der Waals surface area contributed by atoms with Gasteiger partial charge < -0.3 is 5.32 Å². The molecule has 0 aliphatic rings. The summed E-state index contributed by atoms with van der Waals surface area (Å²) in [6.45, 7) is 10.7. The van der Waals surface area contributed by atoms with Gasteiger partial charge in [-0.05, 0) is 55.3 Å². The fourth-order valence-electron chi connectivity index (χ4n) is 4.30. The number of fused-ring (bicyclic) bond motifs is 4. The molecule has 0 unspecified atom stereocenters. The van der Waals surface area contributed by atoms with Crippen LogP contribution in [0.3, 0.4) is 0 Å². The molecule has 0 saturated heterocycles. The first-order chi connectivity index (χ1) is 13.6. The molecule has 0 fully saturated rings. The molecule has 0 bridgehead atoms. The highest BCUT2D eigenvalue weighted by molar-refractivity contribution is 6.06. The van der Waals surface area contributed by atoms with Gasteiger partial charge in [0.15, 0.2) is 0 Å². The number of hydrogen-bond donors (Lipinski definition) is 1. The summed E-state index contributed by atoms with van der Waals surface area (Å²) in [5.41, 5.74) is 3.68. The second kappa shape index (κ2) is 6.80. The number of hydrogen-bond acceptors (Lipinski definition) is 3. The molecule has 4 nitrogen and oxygen atoms in total. The van der Waals surface area contributed by atoms with Crippen LogP contribution in [0, 0.1) is 5.41 Å². The Labute approximate surface area is 171 Å². The van der Waals surface area contributed by atoms with Crippen molar-refractivity contribution in [2.45, 2.75) is 46.6 Å². The van der Waals surface area contributed by atoms with Gasteiger partial charge in [-0.3, -0.25) is 4.79 Å². The number of carbonyl (C=O) groups is 1. The Hall–Kier alpha value is -3.01. The molecule has 0 saturated carbocycles. The fraction of sp³-hybridized carbons (Fsp3) is 0.320. The highest BCUT2D eigenvalue weighted by atomic mass is 16.1. The SMILES string of the molecule is CC(C)(C)CC(C)(C)NC(=O)c1ccc2nc3ccc4ccccc4c3nc2c1. The first kappa shape index (κ1) is 19.3. The van der Waals surface area contributed by atoms with Crippen LogP contribution in [0.25, 0.3) is 32.8 Å². The van der Waals surface area contributed by atoms with E-state index in [1.165, 1.54) is 0 Å². The van der Waals surface area contributed by atoms with Crippen LogP contribution in [0.2, 0.25) is 0 Å². The van der Waals surface area contributed by atoms with Crippen molar-refractivity contribution in [3.8, 4) is 0 Å². The van der Waals surface area contributed by atoms with Gasteiger partial charge in [0.1, 0.15) is 0 Å². The minimum atomic E-state index is -0.296. The Kier molecular flexibility index (Phi) is 4.53. The number of nitrogens with one attached hydrogen (secondary N) is 1. The Bertz CT molecular complexity index is 1240. The third-order valence-corrected chi connectivity index (χ3v) is 5.01. The molecular formula is C25H27N3O. The molecule has 1 aromatic heterocycles. The van der Waals surface area contributed by atoms with Crippen molar-refractivity contribution in [3.05, 3.63) is 60.2 Å². The summed E-state index contributed by atoms with van der Waals surface area (Å²) in [5, 5.41) is 5.37. The third-order valence-electron chi connectivity index (χ3n) is 5.01. The average molecular weight is 386 g/mol. The van der Waals surface area contributed by atoms with Crippen molar-refractivity contribution in [1.82, 2.24) is 15.3 Å². The molecule has 4 aromatic rings.